The lowest BCUT2D eigenvalue weighted by Crippen LogP contribution is -2.39. The highest BCUT2D eigenvalue weighted by molar-refractivity contribution is 5.93. The van der Waals surface area contributed by atoms with Crippen molar-refractivity contribution in [2.24, 2.45) is 0 Å². The minimum atomic E-state index is 0.311. The number of piperidine rings is 1. The maximum Gasteiger partial charge on any atom is 0.228 e. The van der Waals surface area contributed by atoms with Crippen molar-refractivity contribution in [1.82, 2.24) is 14.9 Å². The van der Waals surface area contributed by atoms with Crippen molar-refractivity contribution in [3.8, 4) is 11.5 Å². The Morgan fingerprint density at radius 1 is 0.674 bits per heavy atom. The summed E-state index contributed by atoms with van der Waals surface area (Å²) in [5.41, 5.74) is 4.38. The summed E-state index contributed by atoms with van der Waals surface area (Å²) in [7, 11) is 0. The fourth-order valence-electron chi connectivity index (χ4n) is 6.11. The largest absolute Gasteiger partial charge is 0.485 e. The molecule has 0 bridgehead atoms. The van der Waals surface area contributed by atoms with E-state index >= 15 is 0 Å². The van der Waals surface area contributed by atoms with E-state index in [9.17, 15) is 0 Å². The standard InChI is InChI=1S/C38H41N5O3/c1-4-10-29(11-5-1)26-42-18-16-32(17-19-42)39-37-33-24-35(45-27-30-12-6-2-7-13-30)36(46-28-31-14-8-3-9-15-31)25-34(33)40-38(41-37)43-20-22-44-23-21-43/h1-15,24-25,32H,16-23,26-28H2,(H,39,40,41). The van der Waals surface area contributed by atoms with Gasteiger partial charge in [0.15, 0.2) is 11.5 Å². The van der Waals surface area contributed by atoms with Crippen molar-refractivity contribution in [3.63, 3.8) is 0 Å². The van der Waals surface area contributed by atoms with Gasteiger partial charge in [-0.2, -0.15) is 4.98 Å². The number of morpholine rings is 1. The lowest BCUT2D eigenvalue weighted by molar-refractivity contribution is 0.122. The molecule has 8 heteroatoms. The van der Waals surface area contributed by atoms with Gasteiger partial charge in [-0.1, -0.05) is 91.0 Å². The molecule has 0 aliphatic carbocycles. The van der Waals surface area contributed by atoms with E-state index in [4.69, 9.17) is 24.2 Å². The fraction of sp³-hybridized carbons (Fsp3) is 0.316. The Morgan fingerprint density at radius 2 is 1.24 bits per heavy atom. The van der Waals surface area contributed by atoms with Gasteiger partial charge in [0, 0.05) is 50.2 Å². The Labute approximate surface area is 271 Å². The van der Waals surface area contributed by atoms with Gasteiger partial charge >= 0.3 is 0 Å². The van der Waals surface area contributed by atoms with Crippen LogP contribution in [0.15, 0.2) is 103 Å². The van der Waals surface area contributed by atoms with Crippen LogP contribution in [0.25, 0.3) is 10.9 Å². The number of benzene rings is 4. The van der Waals surface area contributed by atoms with Gasteiger partial charge in [0.05, 0.1) is 18.7 Å². The van der Waals surface area contributed by atoms with E-state index in [0.717, 1.165) is 73.4 Å². The minimum absolute atomic E-state index is 0.311. The monoisotopic (exact) mass is 615 g/mol. The molecular weight excluding hydrogens is 574 g/mol. The molecule has 2 aliphatic heterocycles. The van der Waals surface area contributed by atoms with Crippen LogP contribution in [-0.2, 0) is 24.5 Å². The Balaban J connectivity index is 1.18. The number of likely N-dealkylation sites (tertiary alicyclic amines) is 1. The van der Waals surface area contributed by atoms with Crippen molar-refractivity contribution < 1.29 is 14.2 Å². The summed E-state index contributed by atoms with van der Waals surface area (Å²) in [6, 6.07) is 35.5. The van der Waals surface area contributed by atoms with E-state index in [0.29, 0.717) is 49.9 Å². The molecule has 2 aliphatic rings. The number of ether oxygens (including phenoxy) is 3. The van der Waals surface area contributed by atoms with Gasteiger partial charge < -0.3 is 24.4 Å². The summed E-state index contributed by atoms with van der Waals surface area (Å²) in [6.07, 6.45) is 2.09. The average molecular weight is 616 g/mol. The van der Waals surface area contributed by atoms with Gasteiger partial charge in [0.25, 0.3) is 0 Å². The van der Waals surface area contributed by atoms with Crippen LogP contribution in [0.1, 0.15) is 29.5 Å². The van der Waals surface area contributed by atoms with E-state index < -0.39 is 0 Å². The van der Waals surface area contributed by atoms with Gasteiger partial charge in [-0.3, -0.25) is 4.90 Å². The van der Waals surface area contributed by atoms with E-state index in [1.807, 2.05) is 42.5 Å². The lowest BCUT2D eigenvalue weighted by atomic mass is 10.0. The molecule has 8 nitrogen and oxygen atoms in total. The molecule has 0 unspecified atom stereocenters. The second kappa shape index (κ2) is 14.6. The molecule has 2 fully saturated rings. The molecule has 4 aromatic carbocycles. The Kier molecular flexibility index (Phi) is 9.54. The zero-order chi connectivity index (χ0) is 31.0. The normalized spacial score (nSPS) is 16.0. The van der Waals surface area contributed by atoms with E-state index in [2.05, 4.69) is 75.8 Å². The van der Waals surface area contributed by atoms with E-state index in [1.165, 1.54) is 5.56 Å². The molecule has 2 saturated heterocycles. The average Bonchev–Trinajstić information content (AvgIpc) is 3.12. The topological polar surface area (TPSA) is 72.0 Å². The number of nitrogens with zero attached hydrogens (tertiary/aromatic N) is 4. The minimum Gasteiger partial charge on any atom is -0.485 e. The van der Waals surface area contributed by atoms with Crippen molar-refractivity contribution in [1.29, 1.82) is 0 Å². The van der Waals surface area contributed by atoms with E-state index in [1.54, 1.807) is 0 Å². The van der Waals surface area contributed by atoms with Gasteiger partial charge in [-0.05, 0) is 35.6 Å². The molecule has 1 N–H and O–H groups in total. The van der Waals surface area contributed by atoms with Crippen LogP contribution < -0.4 is 19.7 Å². The van der Waals surface area contributed by atoms with Crippen molar-refractivity contribution in [3.05, 3.63) is 120 Å². The highest BCUT2D eigenvalue weighted by Crippen LogP contribution is 2.37. The number of aromatic nitrogens is 2. The molecule has 3 heterocycles. The number of hydrogen-bond donors (Lipinski definition) is 1. The first kappa shape index (κ1) is 30.0. The van der Waals surface area contributed by atoms with Crippen molar-refractivity contribution in [2.75, 3.05) is 49.6 Å². The Hall–Kier alpha value is -4.66. The second-order valence-electron chi connectivity index (χ2n) is 12.0. The van der Waals surface area contributed by atoms with Crippen LogP contribution in [-0.4, -0.2) is 60.3 Å². The van der Waals surface area contributed by atoms with Crippen LogP contribution in [0.5, 0.6) is 11.5 Å². The van der Waals surface area contributed by atoms with Gasteiger partial charge in [-0.15, -0.1) is 0 Å². The van der Waals surface area contributed by atoms with Crippen LogP contribution >= 0.6 is 0 Å². The third-order valence-corrected chi connectivity index (χ3v) is 8.70. The Morgan fingerprint density at radius 3 is 1.85 bits per heavy atom. The summed E-state index contributed by atoms with van der Waals surface area (Å²) in [5.74, 6) is 2.90. The van der Waals surface area contributed by atoms with Crippen LogP contribution in [0, 0.1) is 0 Å². The predicted octanol–water partition coefficient (Wildman–Crippen LogP) is 6.70. The Bertz CT molecular complexity index is 1690. The molecule has 0 atom stereocenters. The highest BCUT2D eigenvalue weighted by atomic mass is 16.5. The quantitative estimate of drug-likeness (QED) is 0.176. The zero-order valence-electron chi connectivity index (χ0n) is 26.2. The first-order valence-corrected chi connectivity index (χ1v) is 16.3. The van der Waals surface area contributed by atoms with Crippen LogP contribution in [0.2, 0.25) is 0 Å². The zero-order valence-corrected chi connectivity index (χ0v) is 26.2. The number of hydrogen-bond acceptors (Lipinski definition) is 8. The molecule has 0 saturated carbocycles. The van der Waals surface area contributed by atoms with Gasteiger partial charge in [0.2, 0.25) is 5.95 Å². The maximum atomic E-state index is 6.44. The summed E-state index contributed by atoms with van der Waals surface area (Å²) in [6.45, 7) is 6.79. The number of anilines is 2. The summed E-state index contributed by atoms with van der Waals surface area (Å²) < 4.78 is 18.5. The van der Waals surface area contributed by atoms with Crippen molar-refractivity contribution >= 4 is 22.7 Å². The number of rotatable bonds is 11. The SMILES string of the molecule is c1ccc(COc2cc3nc(N4CCOCC4)nc(NC4CCN(Cc5ccccc5)CC4)c3cc2OCc2ccccc2)cc1. The number of nitrogens with one attached hydrogen (secondary N) is 1. The highest BCUT2D eigenvalue weighted by Gasteiger charge is 2.23. The molecule has 0 spiro atoms. The second-order valence-corrected chi connectivity index (χ2v) is 12.0. The fourth-order valence-corrected chi connectivity index (χ4v) is 6.11. The molecule has 46 heavy (non-hydrogen) atoms. The summed E-state index contributed by atoms with van der Waals surface area (Å²) >= 11 is 0. The number of fused-ring (bicyclic) bond motifs is 1. The third-order valence-electron chi connectivity index (χ3n) is 8.70. The molecule has 1 aromatic heterocycles. The third kappa shape index (κ3) is 7.58. The molecule has 7 rings (SSSR count). The van der Waals surface area contributed by atoms with Crippen molar-refractivity contribution in [2.45, 2.75) is 38.6 Å². The molecular formula is C38H41N5O3. The molecule has 0 amide bonds. The van der Waals surface area contributed by atoms with Crippen LogP contribution in [0.4, 0.5) is 11.8 Å². The molecule has 0 radical (unpaired) electrons. The predicted molar refractivity (Wildman–Crippen MR) is 182 cm³/mol. The van der Waals surface area contributed by atoms with Crippen LogP contribution in [0.3, 0.4) is 0 Å². The molecule has 236 valence electrons. The van der Waals surface area contributed by atoms with Gasteiger partial charge in [-0.25, -0.2) is 4.98 Å². The maximum absolute atomic E-state index is 6.44. The smallest absolute Gasteiger partial charge is 0.228 e. The summed E-state index contributed by atoms with van der Waals surface area (Å²) in [4.78, 5) is 14.9. The van der Waals surface area contributed by atoms with E-state index in [-0.39, 0.29) is 0 Å². The molecule has 5 aromatic rings. The lowest BCUT2D eigenvalue weighted by Gasteiger charge is -2.33. The van der Waals surface area contributed by atoms with Gasteiger partial charge in [0.1, 0.15) is 19.0 Å². The first-order chi connectivity index (χ1) is 22.8. The summed E-state index contributed by atoms with van der Waals surface area (Å²) in [5, 5.41) is 4.76. The first-order valence-electron chi connectivity index (χ1n) is 16.3.